The summed E-state index contributed by atoms with van der Waals surface area (Å²) in [6.07, 6.45) is 5.00. The summed E-state index contributed by atoms with van der Waals surface area (Å²) in [6, 6.07) is 14.8. The maximum Gasteiger partial charge on any atom is 0.277 e. The number of benzene rings is 1. The predicted octanol–water partition coefficient (Wildman–Crippen LogP) is 4.03. The number of amides is 1. The molecule has 6 nitrogen and oxygen atoms in total. The Morgan fingerprint density at radius 2 is 1.79 bits per heavy atom. The van der Waals surface area contributed by atoms with Gasteiger partial charge >= 0.3 is 0 Å². The number of nitrogens with zero attached hydrogens (tertiary/aromatic N) is 4. The second-order valence-electron chi connectivity index (χ2n) is 6.21. The number of hydrogen-bond donors (Lipinski definition) is 1. The number of aryl methyl sites for hydroxylation is 1. The number of nitrogens with one attached hydrogen (secondary N) is 1. The molecule has 1 amide bonds. The molecule has 0 bridgehead atoms. The average molecular weight is 373 g/mol. The van der Waals surface area contributed by atoms with Gasteiger partial charge in [0, 0.05) is 24.2 Å². The van der Waals surface area contributed by atoms with Crippen molar-refractivity contribution in [2.24, 2.45) is 0 Å². The van der Waals surface area contributed by atoms with E-state index >= 15 is 0 Å². The fraction of sp³-hybridized carbons (Fsp3) is 0.0476. The molecule has 0 atom stereocenters. The Morgan fingerprint density at radius 1 is 1.04 bits per heavy atom. The molecule has 0 unspecified atom stereocenters. The van der Waals surface area contributed by atoms with Gasteiger partial charge in [0.2, 0.25) is 0 Å². The van der Waals surface area contributed by atoms with Crippen LogP contribution in [0.4, 0.5) is 10.2 Å². The first kappa shape index (κ1) is 17.5. The predicted molar refractivity (Wildman–Crippen MR) is 104 cm³/mol. The Kier molecular flexibility index (Phi) is 4.63. The third kappa shape index (κ3) is 3.64. The smallest absolute Gasteiger partial charge is 0.277 e. The van der Waals surface area contributed by atoms with Crippen molar-refractivity contribution in [1.29, 1.82) is 0 Å². The molecule has 0 spiro atoms. The Morgan fingerprint density at radius 3 is 2.46 bits per heavy atom. The van der Waals surface area contributed by atoms with E-state index in [1.165, 1.54) is 12.1 Å². The first-order chi connectivity index (χ1) is 13.6. The van der Waals surface area contributed by atoms with Gasteiger partial charge < -0.3 is 5.32 Å². The van der Waals surface area contributed by atoms with Crippen LogP contribution in [-0.2, 0) is 0 Å². The summed E-state index contributed by atoms with van der Waals surface area (Å²) >= 11 is 0. The fourth-order valence-electron chi connectivity index (χ4n) is 2.72. The van der Waals surface area contributed by atoms with Crippen molar-refractivity contribution in [1.82, 2.24) is 19.7 Å². The van der Waals surface area contributed by atoms with Gasteiger partial charge in [0.15, 0.2) is 5.69 Å². The molecule has 3 heterocycles. The van der Waals surface area contributed by atoms with Gasteiger partial charge in [-0.2, -0.15) is 5.10 Å². The van der Waals surface area contributed by atoms with Crippen LogP contribution < -0.4 is 5.32 Å². The molecule has 0 aliphatic carbocycles. The van der Waals surface area contributed by atoms with Crippen molar-refractivity contribution in [2.45, 2.75) is 6.92 Å². The minimum absolute atomic E-state index is 0.221. The third-order valence-corrected chi connectivity index (χ3v) is 4.14. The van der Waals surface area contributed by atoms with Crippen LogP contribution >= 0.6 is 0 Å². The summed E-state index contributed by atoms with van der Waals surface area (Å²) in [7, 11) is 0. The largest absolute Gasteiger partial charge is 0.305 e. The van der Waals surface area contributed by atoms with E-state index in [1.807, 2.05) is 25.1 Å². The lowest BCUT2D eigenvalue weighted by Crippen LogP contribution is -2.14. The topological polar surface area (TPSA) is 72.7 Å². The minimum atomic E-state index is -0.382. The number of aromatic nitrogens is 4. The van der Waals surface area contributed by atoms with Crippen LogP contribution in [0.25, 0.3) is 16.9 Å². The quantitative estimate of drug-likeness (QED) is 0.586. The molecule has 0 fully saturated rings. The van der Waals surface area contributed by atoms with E-state index in [1.54, 1.807) is 47.5 Å². The normalized spacial score (nSPS) is 10.6. The SMILES string of the molecule is Cc1ccc(NC(=O)c2cc(-c3ccncc3)n(-c3ccc(F)cc3)n2)nc1. The van der Waals surface area contributed by atoms with Crippen LogP contribution in [0.5, 0.6) is 0 Å². The van der Waals surface area contributed by atoms with E-state index in [9.17, 15) is 9.18 Å². The second-order valence-corrected chi connectivity index (χ2v) is 6.21. The number of pyridine rings is 2. The van der Waals surface area contributed by atoms with Gasteiger partial charge in [0.1, 0.15) is 11.6 Å². The van der Waals surface area contributed by atoms with Crippen LogP contribution in [0.3, 0.4) is 0 Å². The van der Waals surface area contributed by atoms with Crippen LogP contribution in [-0.4, -0.2) is 25.7 Å². The standard InChI is InChI=1S/C21H16FN5O/c1-14-2-7-20(24-13-14)25-21(28)18-12-19(15-8-10-23-11-9-15)27(26-18)17-5-3-16(22)4-6-17/h2-13H,1H3,(H,24,25,28). The Balaban J connectivity index is 1.73. The zero-order chi connectivity index (χ0) is 19.5. The van der Waals surface area contributed by atoms with Crippen LogP contribution in [0.1, 0.15) is 16.1 Å². The zero-order valence-corrected chi connectivity index (χ0v) is 15.0. The molecule has 28 heavy (non-hydrogen) atoms. The summed E-state index contributed by atoms with van der Waals surface area (Å²) in [6.45, 7) is 1.92. The summed E-state index contributed by atoms with van der Waals surface area (Å²) in [5.74, 6) is -0.283. The monoisotopic (exact) mass is 373 g/mol. The molecule has 1 aromatic carbocycles. The van der Waals surface area contributed by atoms with Gasteiger partial charge in [-0.15, -0.1) is 0 Å². The molecule has 0 radical (unpaired) electrons. The van der Waals surface area contributed by atoms with Crippen molar-refractivity contribution in [3.8, 4) is 16.9 Å². The van der Waals surface area contributed by atoms with Crippen molar-refractivity contribution < 1.29 is 9.18 Å². The first-order valence-corrected chi connectivity index (χ1v) is 8.60. The summed E-state index contributed by atoms with van der Waals surface area (Å²) in [4.78, 5) is 20.9. The Bertz CT molecular complexity index is 1110. The highest BCUT2D eigenvalue weighted by Gasteiger charge is 2.17. The lowest BCUT2D eigenvalue weighted by atomic mass is 10.2. The number of carbonyl (C=O) groups is 1. The Hall–Kier alpha value is -3.87. The van der Waals surface area contributed by atoms with Gasteiger partial charge in [-0.25, -0.2) is 14.1 Å². The van der Waals surface area contributed by atoms with Crippen molar-refractivity contribution in [3.05, 3.63) is 90.3 Å². The van der Waals surface area contributed by atoms with E-state index in [2.05, 4.69) is 20.4 Å². The second kappa shape index (κ2) is 7.40. The van der Waals surface area contributed by atoms with Crippen LogP contribution in [0.15, 0.2) is 73.2 Å². The number of halogens is 1. The van der Waals surface area contributed by atoms with E-state index in [0.29, 0.717) is 17.2 Å². The molecule has 0 aliphatic heterocycles. The number of anilines is 1. The van der Waals surface area contributed by atoms with Gasteiger partial charge in [0.05, 0.1) is 11.4 Å². The maximum absolute atomic E-state index is 13.3. The molecule has 0 saturated heterocycles. The van der Waals surface area contributed by atoms with E-state index in [0.717, 1.165) is 11.1 Å². The molecular weight excluding hydrogens is 357 g/mol. The summed E-state index contributed by atoms with van der Waals surface area (Å²) in [5.41, 5.74) is 3.38. The minimum Gasteiger partial charge on any atom is -0.305 e. The highest BCUT2D eigenvalue weighted by Crippen LogP contribution is 2.24. The third-order valence-electron chi connectivity index (χ3n) is 4.14. The van der Waals surface area contributed by atoms with Gasteiger partial charge in [0.25, 0.3) is 5.91 Å². The number of carbonyl (C=O) groups excluding carboxylic acids is 1. The van der Waals surface area contributed by atoms with Gasteiger partial charge in [-0.3, -0.25) is 9.78 Å². The van der Waals surface area contributed by atoms with Crippen molar-refractivity contribution in [2.75, 3.05) is 5.32 Å². The zero-order valence-electron chi connectivity index (χ0n) is 15.0. The highest BCUT2D eigenvalue weighted by molar-refractivity contribution is 6.03. The molecule has 1 N–H and O–H groups in total. The van der Waals surface area contributed by atoms with Crippen LogP contribution in [0.2, 0.25) is 0 Å². The number of rotatable bonds is 4. The van der Waals surface area contributed by atoms with Crippen molar-refractivity contribution >= 4 is 11.7 Å². The lowest BCUT2D eigenvalue weighted by molar-refractivity contribution is 0.102. The van der Waals surface area contributed by atoms with Crippen molar-refractivity contribution in [3.63, 3.8) is 0 Å². The lowest BCUT2D eigenvalue weighted by Gasteiger charge is -2.07. The highest BCUT2D eigenvalue weighted by atomic mass is 19.1. The molecular formula is C21H16FN5O. The van der Waals surface area contributed by atoms with Gasteiger partial charge in [-0.1, -0.05) is 6.07 Å². The summed E-state index contributed by atoms with van der Waals surface area (Å²) < 4.78 is 14.9. The fourth-order valence-corrected chi connectivity index (χ4v) is 2.72. The van der Waals surface area contributed by atoms with E-state index < -0.39 is 0 Å². The first-order valence-electron chi connectivity index (χ1n) is 8.60. The van der Waals surface area contributed by atoms with E-state index in [4.69, 9.17) is 0 Å². The Labute approximate surface area is 160 Å². The maximum atomic E-state index is 13.3. The molecule has 4 rings (SSSR count). The molecule has 0 aliphatic rings. The molecule has 0 saturated carbocycles. The molecule has 7 heteroatoms. The molecule has 3 aromatic heterocycles. The average Bonchev–Trinajstić information content (AvgIpc) is 3.16. The molecule has 4 aromatic rings. The summed E-state index contributed by atoms with van der Waals surface area (Å²) in [5, 5.41) is 7.17. The van der Waals surface area contributed by atoms with E-state index in [-0.39, 0.29) is 17.4 Å². The number of hydrogen-bond acceptors (Lipinski definition) is 4. The van der Waals surface area contributed by atoms with Gasteiger partial charge in [-0.05, 0) is 61.0 Å². The van der Waals surface area contributed by atoms with Crippen LogP contribution in [0, 0.1) is 12.7 Å². The molecule has 138 valence electrons.